The molecule has 0 aliphatic carbocycles. The molecule has 6 nitrogen and oxygen atoms in total. The molecule has 0 saturated carbocycles. The quantitative estimate of drug-likeness (QED) is 0.331. The number of aliphatic hydroxyl groups is 1. The molecule has 0 radical (unpaired) electrons. The Bertz CT molecular complexity index is 656. The Morgan fingerprint density at radius 2 is 1.48 bits per heavy atom. The van der Waals surface area contributed by atoms with Crippen molar-refractivity contribution in [2.45, 2.75) is 36.7 Å². The summed E-state index contributed by atoms with van der Waals surface area (Å²) < 4.78 is 4.93. The third-order valence-electron chi connectivity index (χ3n) is 2.61. The molecule has 0 bridgehead atoms. The highest BCUT2D eigenvalue weighted by Crippen LogP contribution is 2.03. The molecule has 2 aromatic rings. The fraction of sp³-hybridized carbons (Fsp3) is 0.333. The largest absolute Gasteiger partial charge is 0.458 e. The lowest BCUT2D eigenvalue weighted by molar-refractivity contribution is -0.143. The molecule has 1 N–H and O–H groups in total. The standard InChI is InChI=1S/C9H10BrNO2.C6H7NO.C3H4Br2O/c1-7(10)9(12)13-6-8-4-2-3-5-11-8;8-5-6-3-1-2-4-7-6;1-2(4)3(5)6/h2-5,7H,6H2,1H3;1-4,8H,5H2;2H,1H3. The molecule has 0 aromatic carbocycles. The number of rotatable bonds is 5. The Kier molecular flexibility index (Phi) is 15.2. The predicted molar refractivity (Wildman–Crippen MR) is 115 cm³/mol. The zero-order chi connectivity index (χ0) is 20.7. The zero-order valence-corrected chi connectivity index (χ0v) is 19.6. The maximum absolute atomic E-state index is 11.0. The summed E-state index contributed by atoms with van der Waals surface area (Å²) in [7, 11) is 0. The Morgan fingerprint density at radius 1 is 1.00 bits per heavy atom. The van der Waals surface area contributed by atoms with Crippen molar-refractivity contribution in [1.82, 2.24) is 9.97 Å². The van der Waals surface area contributed by atoms with Crippen LogP contribution in [-0.4, -0.2) is 35.4 Å². The van der Waals surface area contributed by atoms with Gasteiger partial charge in [0.2, 0.25) is 4.69 Å². The number of hydrogen-bond donors (Lipinski definition) is 1. The average molecular weight is 569 g/mol. The molecule has 0 saturated heterocycles. The van der Waals surface area contributed by atoms with Crippen molar-refractivity contribution in [3.05, 3.63) is 60.2 Å². The van der Waals surface area contributed by atoms with Crippen LogP contribution in [0.15, 0.2) is 48.8 Å². The summed E-state index contributed by atoms with van der Waals surface area (Å²) >= 11 is 8.91. The van der Waals surface area contributed by atoms with E-state index >= 15 is 0 Å². The second-order valence-electron chi connectivity index (χ2n) is 4.94. The van der Waals surface area contributed by atoms with Crippen molar-refractivity contribution >= 4 is 58.5 Å². The van der Waals surface area contributed by atoms with E-state index in [2.05, 4.69) is 57.8 Å². The highest BCUT2D eigenvalue weighted by atomic mass is 79.9. The molecule has 0 amide bonds. The van der Waals surface area contributed by atoms with E-state index in [1.165, 1.54) is 0 Å². The highest BCUT2D eigenvalue weighted by Gasteiger charge is 2.09. The van der Waals surface area contributed by atoms with E-state index in [1.807, 2.05) is 30.3 Å². The predicted octanol–water partition coefficient (Wildman–Crippen LogP) is 4.17. The van der Waals surface area contributed by atoms with Gasteiger partial charge in [-0.1, -0.05) is 44.0 Å². The number of esters is 1. The Balaban J connectivity index is 0.000000413. The first kappa shape index (κ1) is 25.8. The van der Waals surface area contributed by atoms with Gasteiger partial charge in [-0.05, 0) is 54.0 Å². The van der Waals surface area contributed by atoms with Gasteiger partial charge in [-0.3, -0.25) is 19.6 Å². The molecule has 2 atom stereocenters. The van der Waals surface area contributed by atoms with Crippen LogP contribution < -0.4 is 0 Å². The number of aromatic nitrogens is 2. The molecular formula is C18H21Br3N2O4. The van der Waals surface area contributed by atoms with E-state index in [9.17, 15) is 9.59 Å². The van der Waals surface area contributed by atoms with Crippen molar-refractivity contribution in [3.63, 3.8) is 0 Å². The number of nitrogens with zero attached hydrogens (tertiary/aromatic N) is 2. The second-order valence-corrected chi connectivity index (χ2v) is 8.47. The van der Waals surface area contributed by atoms with Gasteiger partial charge >= 0.3 is 5.97 Å². The molecule has 0 fully saturated rings. The van der Waals surface area contributed by atoms with Crippen molar-refractivity contribution in [3.8, 4) is 0 Å². The van der Waals surface area contributed by atoms with Gasteiger partial charge in [-0.25, -0.2) is 0 Å². The summed E-state index contributed by atoms with van der Waals surface area (Å²) in [6.07, 6.45) is 3.33. The van der Waals surface area contributed by atoms with Gasteiger partial charge in [-0.15, -0.1) is 0 Å². The lowest BCUT2D eigenvalue weighted by atomic mass is 10.4. The first-order valence-corrected chi connectivity index (χ1v) is 10.4. The molecule has 2 unspecified atom stereocenters. The topological polar surface area (TPSA) is 89.4 Å². The molecule has 9 heteroatoms. The van der Waals surface area contributed by atoms with Gasteiger partial charge in [0.15, 0.2) is 0 Å². The van der Waals surface area contributed by atoms with Crippen LogP contribution in [-0.2, 0) is 27.5 Å². The number of pyridine rings is 2. The van der Waals surface area contributed by atoms with Crippen molar-refractivity contribution in [2.75, 3.05) is 0 Å². The molecule has 27 heavy (non-hydrogen) atoms. The number of ether oxygens (including phenoxy) is 1. The third-order valence-corrected chi connectivity index (χ3v) is 4.70. The smallest absolute Gasteiger partial charge is 0.319 e. The molecule has 0 aliphatic heterocycles. The number of aliphatic hydroxyl groups excluding tert-OH is 1. The molecular weight excluding hydrogens is 548 g/mol. The maximum atomic E-state index is 11.0. The van der Waals surface area contributed by atoms with Crippen LogP contribution in [0.4, 0.5) is 0 Å². The van der Waals surface area contributed by atoms with Crippen LogP contribution >= 0.6 is 47.8 Å². The second kappa shape index (κ2) is 15.9. The van der Waals surface area contributed by atoms with Gasteiger partial charge in [0.25, 0.3) is 0 Å². The van der Waals surface area contributed by atoms with E-state index in [-0.39, 0.29) is 33.5 Å². The highest BCUT2D eigenvalue weighted by molar-refractivity contribution is 9.20. The van der Waals surface area contributed by atoms with Crippen LogP contribution in [0.2, 0.25) is 0 Å². The van der Waals surface area contributed by atoms with Gasteiger partial charge < -0.3 is 9.84 Å². The lowest BCUT2D eigenvalue weighted by Gasteiger charge is -2.04. The SMILES string of the molecule is CC(Br)C(=O)Br.CC(Br)C(=O)OCc1ccccn1.OCc1ccccn1. The normalized spacial score (nSPS) is 11.6. The average Bonchev–Trinajstić information content (AvgIpc) is 2.68. The van der Waals surface area contributed by atoms with Crippen molar-refractivity contribution in [2.24, 2.45) is 0 Å². The van der Waals surface area contributed by atoms with Gasteiger partial charge in [0.05, 0.1) is 22.8 Å². The van der Waals surface area contributed by atoms with Crippen LogP contribution in [0.25, 0.3) is 0 Å². The van der Waals surface area contributed by atoms with Crippen LogP contribution in [0.3, 0.4) is 0 Å². The van der Waals surface area contributed by atoms with Gasteiger partial charge in [-0.2, -0.15) is 0 Å². The van der Waals surface area contributed by atoms with E-state index < -0.39 is 0 Å². The number of carbonyl (C=O) groups is 2. The Labute approximate surface area is 184 Å². The summed E-state index contributed by atoms with van der Waals surface area (Å²) in [5, 5.41) is 8.48. The number of alkyl halides is 2. The van der Waals surface area contributed by atoms with E-state index in [0.717, 1.165) is 5.69 Å². The maximum Gasteiger partial charge on any atom is 0.319 e. The molecule has 148 valence electrons. The summed E-state index contributed by atoms with van der Waals surface area (Å²) in [5.41, 5.74) is 1.47. The first-order chi connectivity index (χ1) is 12.8. The fourth-order valence-electron chi connectivity index (χ4n) is 1.24. The van der Waals surface area contributed by atoms with E-state index in [0.29, 0.717) is 5.69 Å². The van der Waals surface area contributed by atoms with Gasteiger partial charge in [0.1, 0.15) is 11.4 Å². The van der Waals surface area contributed by atoms with E-state index in [1.54, 1.807) is 32.3 Å². The Morgan fingerprint density at radius 3 is 1.78 bits per heavy atom. The minimum absolute atomic E-state index is 0.0116. The van der Waals surface area contributed by atoms with Crippen LogP contribution in [0.5, 0.6) is 0 Å². The lowest BCUT2D eigenvalue weighted by Crippen LogP contribution is -2.13. The van der Waals surface area contributed by atoms with E-state index in [4.69, 9.17) is 9.84 Å². The number of hydrogen-bond acceptors (Lipinski definition) is 6. The molecule has 0 spiro atoms. The summed E-state index contributed by atoms with van der Waals surface area (Å²) in [6.45, 7) is 3.74. The van der Waals surface area contributed by atoms with Crippen LogP contribution in [0, 0.1) is 0 Å². The number of halogens is 3. The Hall–Kier alpha value is -1.16. The molecule has 0 aliphatic rings. The molecule has 2 aromatic heterocycles. The summed E-state index contributed by atoms with van der Waals surface area (Å²) in [5.74, 6) is -0.273. The summed E-state index contributed by atoms with van der Waals surface area (Å²) in [6, 6.07) is 10.9. The molecule has 2 heterocycles. The fourth-order valence-corrected chi connectivity index (χ4v) is 1.37. The third kappa shape index (κ3) is 14.6. The van der Waals surface area contributed by atoms with Crippen molar-refractivity contribution < 1.29 is 19.4 Å². The summed E-state index contributed by atoms with van der Waals surface area (Å²) in [4.78, 5) is 28.6. The first-order valence-electron chi connectivity index (χ1n) is 7.82. The zero-order valence-electron chi connectivity index (χ0n) is 14.9. The minimum Gasteiger partial charge on any atom is -0.458 e. The van der Waals surface area contributed by atoms with Crippen molar-refractivity contribution in [1.29, 1.82) is 0 Å². The number of carbonyl (C=O) groups excluding carboxylic acids is 2. The minimum atomic E-state index is -0.273. The monoisotopic (exact) mass is 566 g/mol. The van der Waals surface area contributed by atoms with Crippen LogP contribution in [0.1, 0.15) is 25.2 Å². The molecule has 2 rings (SSSR count). The van der Waals surface area contributed by atoms with Gasteiger partial charge in [0, 0.05) is 12.4 Å².